The zero-order valence-electron chi connectivity index (χ0n) is 11.2. The number of nitrogens with one attached hydrogen (secondary N) is 1. The van der Waals surface area contributed by atoms with Gasteiger partial charge in [-0.05, 0) is 57.9 Å². The Morgan fingerprint density at radius 3 is 2.07 bits per heavy atom. The molecule has 0 aliphatic carbocycles. The van der Waals surface area contributed by atoms with Crippen LogP contribution in [0.2, 0.25) is 0 Å². The molecule has 0 bridgehead atoms. The Hall–Kier alpha value is -0.0800. The lowest BCUT2D eigenvalue weighted by molar-refractivity contribution is 0.269. The second kappa shape index (κ2) is 10.4. The van der Waals surface area contributed by atoms with Gasteiger partial charge in [-0.2, -0.15) is 0 Å². The molecule has 0 aliphatic rings. The van der Waals surface area contributed by atoms with Crippen molar-refractivity contribution in [3.63, 3.8) is 0 Å². The van der Waals surface area contributed by atoms with Gasteiger partial charge in [-0.1, -0.05) is 27.7 Å². The van der Waals surface area contributed by atoms with E-state index in [2.05, 4.69) is 37.9 Å². The zero-order valence-corrected chi connectivity index (χ0v) is 11.2. The van der Waals surface area contributed by atoms with E-state index in [1.165, 1.54) is 45.4 Å². The predicted octanol–water partition coefficient (Wildman–Crippen LogP) is 2.74. The first-order valence-electron chi connectivity index (χ1n) is 6.63. The molecule has 2 heteroatoms. The SMILES string of the molecule is CCCN(CCC)CCCNCC(C)C. The molecule has 2 nitrogen and oxygen atoms in total. The highest BCUT2D eigenvalue weighted by Crippen LogP contribution is 1.96. The molecular formula is C13H30N2. The Labute approximate surface area is 96.4 Å². The molecule has 92 valence electrons. The van der Waals surface area contributed by atoms with Gasteiger partial charge < -0.3 is 10.2 Å². The van der Waals surface area contributed by atoms with E-state index >= 15 is 0 Å². The van der Waals surface area contributed by atoms with Crippen LogP contribution in [0.5, 0.6) is 0 Å². The summed E-state index contributed by atoms with van der Waals surface area (Å²) in [6, 6.07) is 0. The molecule has 0 radical (unpaired) electrons. The van der Waals surface area contributed by atoms with Crippen LogP contribution < -0.4 is 5.32 Å². The molecule has 1 N–H and O–H groups in total. The van der Waals surface area contributed by atoms with Gasteiger partial charge in [0.1, 0.15) is 0 Å². The zero-order chi connectivity index (χ0) is 11.5. The van der Waals surface area contributed by atoms with Crippen LogP contribution >= 0.6 is 0 Å². The molecule has 0 aromatic rings. The fourth-order valence-corrected chi connectivity index (χ4v) is 1.79. The lowest BCUT2D eigenvalue weighted by atomic mass is 10.2. The smallest absolute Gasteiger partial charge is 0.000664 e. The third-order valence-corrected chi connectivity index (χ3v) is 2.46. The fourth-order valence-electron chi connectivity index (χ4n) is 1.79. The van der Waals surface area contributed by atoms with Crippen molar-refractivity contribution in [1.82, 2.24) is 10.2 Å². The van der Waals surface area contributed by atoms with Gasteiger partial charge in [-0.25, -0.2) is 0 Å². The van der Waals surface area contributed by atoms with Gasteiger partial charge in [0, 0.05) is 0 Å². The maximum Gasteiger partial charge on any atom is -0.000664 e. The average Bonchev–Trinajstić information content (AvgIpc) is 2.17. The maximum atomic E-state index is 3.50. The average molecular weight is 214 g/mol. The van der Waals surface area contributed by atoms with Gasteiger partial charge in [-0.3, -0.25) is 0 Å². The summed E-state index contributed by atoms with van der Waals surface area (Å²) in [4.78, 5) is 2.58. The summed E-state index contributed by atoms with van der Waals surface area (Å²) in [5.74, 6) is 0.771. The molecule has 0 saturated carbocycles. The van der Waals surface area contributed by atoms with Gasteiger partial charge in [-0.15, -0.1) is 0 Å². The third kappa shape index (κ3) is 10.2. The van der Waals surface area contributed by atoms with Crippen LogP contribution in [0.3, 0.4) is 0 Å². The van der Waals surface area contributed by atoms with Crippen molar-refractivity contribution < 1.29 is 0 Å². The highest BCUT2D eigenvalue weighted by Gasteiger charge is 2.01. The van der Waals surface area contributed by atoms with Crippen molar-refractivity contribution in [2.45, 2.75) is 47.0 Å². The lowest BCUT2D eigenvalue weighted by Gasteiger charge is -2.20. The molecule has 0 saturated heterocycles. The summed E-state index contributed by atoms with van der Waals surface area (Å²) in [6.07, 6.45) is 3.84. The topological polar surface area (TPSA) is 15.3 Å². The van der Waals surface area contributed by atoms with Gasteiger partial charge in [0.05, 0.1) is 0 Å². The standard InChI is InChI=1S/C13H30N2/c1-5-9-15(10-6-2)11-7-8-14-12-13(3)4/h13-14H,5-12H2,1-4H3. The Balaban J connectivity index is 3.36. The van der Waals surface area contributed by atoms with Crippen molar-refractivity contribution in [3.05, 3.63) is 0 Å². The predicted molar refractivity (Wildman–Crippen MR) is 69.3 cm³/mol. The molecule has 0 aliphatic heterocycles. The van der Waals surface area contributed by atoms with Gasteiger partial charge in [0.15, 0.2) is 0 Å². The minimum atomic E-state index is 0.771. The van der Waals surface area contributed by atoms with Crippen LogP contribution in [0, 0.1) is 5.92 Å². The number of hydrogen-bond donors (Lipinski definition) is 1. The van der Waals surface area contributed by atoms with E-state index in [1.807, 2.05) is 0 Å². The first kappa shape index (κ1) is 14.9. The summed E-state index contributed by atoms with van der Waals surface area (Å²) in [5, 5.41) is 3.50. The van der Waals surface area contributed by atoms with Gasteiger partial charge in [0.2, 0.25) is 0 Å². The highest BCUT2D eigenvalue weighted by molar-refractivity contribution is 4.58. The largest absolute Gasteiger partial charge is 0.316 e. The van der Waals surface area contributed by atoms with Crippen molar-refractivity contribution in [3.8, 4) is 0 Å². The number of hydrogen-bond acceptors (Lipinski definition) is 2. The van der Waals surface area contributed by atoms with E-state index in [1.54, 1.807) is 0 Å². The first-order chi connectivity index (χ1) is 7.20. The van der Waals surface area contributed by atoms with E-state index in [4.69, 9.17) is 0 Å². The summed E-state index contributed by atoms with van der Waals surface area (Å²) in [6.45, 7) is 15.1. The quantitative estimate of drug-likeness (QED) is 0.563. The van der Waals surface area contributed by atoms with Crippen LogP contribution in [-0.2, 0) is 0 Å². The highest BCUT2D eigenvalue weighted by atomic mass is 15.1. The third-order valence-electron chi connectivity index (χ3n) is 2.46. The van der Waals surface area contributed by atoms with Gasteiger partial charge >= 0.3 is 0 Å². The molecule has 0 atom stereocenters. The first-order valence-corrected chi connectivity index (χ1v) is 6.63. The van der Waals surface area contributed by atoms with Crippen LogP contribution in [0.25, 0.3) is 0 Å². The molecule has 0 amide bonds. The van der Waals surface area contributed by atoms with E-state index in [9.17, 15) is 0 Å². The number of rotatable bonds is 10. The van der Waals surface area contributed by atoms with Crippen LogP contribution in [0.1, 0.15) is 47.0 Å². The van der Waals surface area contributed by atoms with Crippen molar-refractivity contribution in [2.24, 2.45) is 5.92 Å². The molecule has 0 fully saturated rings. The van der Waals surface area contributed by atoms with E-state index < -0.39 is 0 Å². The van der Waals surface area contributed by atoms with Crippen LogP contribution in [-0.4, -0.2) is 37.6 Å². The van der Waals surface area contributed by atoms with Gasteiger partial charge in [0.25, 0.3) is 0 Å². The Morgan fingerprint density at radius 2 is 1.60 bits per heavy atom. The summed E-state index contributed by atoms with van der Waals surface area (Å²) < 4.78 is 0. The molecule has 0 rings (SSSR count). The summed E-state index contributed by atoms with van der Waals surface area (Å²) in [7, 11) is 0. The molecule has 0 heterocycles. The number of nitrogens with zero attached hydrogens (tertiary/aromatic N) is 1. The monoisotopic (exact) mass is 214 g/mol. The summed E-state index contributed by atoms with van der Waals surface area (Å²) in [5.41, 5.74) is 0. The van der Waals surface area contributed by atoms with Crippen LogP contribution in [0.15, 0.2) is 0 Å². The van der Waals surface area contributed by atoms with Crippen molar-refractivity contribution >= 4 is 0 Å². The van der Waals surface area contributed by atoms with Crippen LogP contribution in [0.4, 0.5) is 0 Å². The fraction of sp³-hybridized carbons (Fsp3) is 1.00. The Bertz CT molecular complexity index is 118. The molecule has 0 spiro atoms. The minimum Gasteiger partial charge on any atom is -0.316 e. The lowest BCUT2D eigenvalue weighted by Crippen LogP contribution is -2.29. The second-order valence-electron chi connectivity index (χ2n) is 4.79. The van der Waals surface area contributed by atoms with Crippen molar-refractivity contribution in [1.29, 1.82) is 0 Å². The van der Waals surface area contributed by atoms with E-state index in [0.717, 1.165) is 12.5 Å². The van der Waals surface area contributed by atoms with E-state index in [-0.39, 0.29) is 0 Å². The minimum absolute atomic E-state index is 0.771. The molecular weight excluding hydrogens is 184 g/mol. The molecule has 0 aromatic carbocycles. The maximum absolute atomic E-state index is 3.50. The molecule has 15 heavy (non-hydrogen) atoms. The Kier molecular flexibility index (Phi) is 10.4. The Morgan fingerprint density at radius 1 is 1.00 bits per heavy atom. The van der Waals surface area contributed by atoms with Crippen molar-refractivity contribution in [2.75, 3.05) is 32.7 Å². The molecule has 0 aromatic heterocycles. The summed E-state index contributed by atoms with van der Waals surface area (Å²) >= 11 is 0. The molecule has 0 unspecified atom stereocenters. The normalized spacial score (nSPS) is 11.6. The van der Waals surface area contributed by atoms with E-state index in [0.29, 0.717) is 0 Å². The second-order valence-corrected chi connectivity index (χ2v) is 4.79.